The molecule has 0 spiro atoms. The number of amides is 1. The molecule has 1 atom stereocenters. The van der Waals surface area contributed by atoms with Gasteiger partial charge in [0, 0.05) is 6.54 Å². The minimum absolute atomic E-state index is 0.0835. The molecule has 0 aromatic carbocycles. The molecule has 1 rings (SSSR count). The average Bonchev–Trinajstić information content (AvgIpc) is 2.15. The number of rotatable bonds is 2. The molecule has 3 heteroatoms. The highest BCUT2D eigenvalue weighted by Gasteiger charge is 2.19. The number of piperidine rings is 1. The standard InChI is InChI=1S/C9H14N2O/c1-2-5-11-9(12)8-4-3-6-10-7-8/h1,8,10H,3-7H2,(H,11,12)/t8-/m0/s1. The van der Waals surface area contributed by atoms with E-state index in [9.17, 15) is 4.79 Å². The van der Waals surface area contributed by atoms with Crippen LogP contribution in [0.5, 0.6) is 0 Å². The van der Waals surface area contributed by atoms with Crippen LogP contribution < -0.4 is 10.6 Å². The molecular weight excluding hydrogens is 152 g/mol. The lowest BCUT2D eigenvalue weighted by molar-refractivity contribution is -0.125. The Kier molecular flexibility index (Phi) is 3.62. The Morgan fingerprint density at radius 2 is 2.58 bits per heavy atom. The molecule has 12 heavy (non-hydrogen) atoms. The van der Waals surface area contributed by atoms with Crippen LogP contribution in [0.2, 0.25) is 0 Å². The summed E-state index contributed by atoms with van der Waals surface area (Å²) in [5.41, 5.74) is 0. The molecule has 0 aliphatic carbocycles. The highest BCUT2D eigenvalue weighted by atomic mass is 16.1. The van der Waals surface area contributed by atoms with Gasteiger partial charge >= 0.3 is 0 Å². The van der Waals surface area contributed by atoms with Crippen molar-refractivity contribution < 1.29 is 4.79 Å². The van der Waals surface area contributed by atoms with E-state index in [1.165, 1.54) is 0 Å². The molecule has 0 radical (unpaired) electrons. The SMILES string of the molecule is C#CCNC(=O)[C@H]1CCCNC1. The first-order chi connectivity index (χ1) is 5.84. The van der Waals surface area contributed by atoms with Crippen molar-refractivity contribution in [2.75, 3.05) is 19.6 Å². The van der Waals surface area contributed by atoms with Gasteiger partial charge in [0.25, 0.3) is 0 Å². The number of carbonyl (C=O) groups excluding carboxylic acids is 1. The zero-order valence-corrected chi connectivity index (χ0v) is 7.10. The summed E-state index contributed by atoms with van der Waals surface area (Å²) in [6, 6.07) is 0. The number of carbonyl (C=O) groups is 1. The van der Waals surface area contributed by atoms with Crippen LogP contribution >= 0.6 is 0 Å². The van der Waals surface area contributed by atoms with E-state index in [0.717, 1.165) is 25.9 Å². The first kappa shape index (κ1) is 9.08. The van der Waals surface area contributed by atoms with Crippen LogP contribution in [0.15, 0.2) is 0 Å². The van der Waals surface area contributed by atoms with Crippen molar-refractivity contribution in [2.24, 2.45) is 5.92 Å². The largest absolute Gasteiger partial charge is 0.345 e. The molecule has 0 saturated carbocycles. The maximum atomic E-state index is 11.3. The molecule has 1 aliphatic heterocycles. The van der Waals surface area contributed by atoms with Crippen LogP contribution in [0.4, 0.5) is 0 Å². The van der Waals surface area contributed by atoms with Gasteiger partial charge in [-0.3, -0.25) is 4.79 Å². The minimum Gasteiger partial charge on any atom is -0.345 e. The van der Waals surface area contributed by atoms with Gasteiger partial charge in [0.05, 0.1) is 12.5 Å². The Hall–Kier alpha value is -1.01. The Morgan fingerprint density at radius 1 is 1.75 bits per heavy atom. The van der Waals surface area contributed by atoms with Crippen LogP contribution in [-0.2, 0) is 4.79 Å². The van der Waals surface area contributed by atoms with E-state index in [1.54, 1.807) is 0 Å². The van der Waals surface area contributed by atoms with Crippen LogP contribution in [-0.4, -0.2) is 25.5 Å². The lowest BCUT2D eigenvalue weighted by atomic mass is 9.99. The summed E-state index contributed by atoms with van der Waals surface area (Å²) in [4.78, 5) is 11.3. The highest BCUT2D eigenvalue weighted by Crippen LogP contribution is 2.09. The van der Waals surface area contributed by atoms with Crippen molar-refractivity contribution in [2.45, 2.75) is 12.8 Å². The number of nitrogens with one attached hydrogen (secondary N) is 2. The van der Waals surface area contributed by atoms with E-state index in [4.69, 9.17) is 6.42 Å². The number of hydrogen-bond donors (Lipinski definition) is 2. The zero-order valence-electron chi connectivity index (χ0n) is 7.10. The summed E-state index contributed by atoms with van der Waals surface area (Å²) in [6.07, 6.45) is 7.08. The van der Waals surface area contributed by atoms with E-state index in [0.29, 0.717) is 6.54 Å². The number of hydrogen-bond acceptors (Lipinski definition) is 2. The molecule has 0 bridgehead atoms. The second-order valence-electron chi connectivity index (χ2n) is 2.97. The maximum absolute atomic E-state index is 11.3. The quantitative estimate of drug-likeness (QED) is 0.555. The van der Waals surface area contributed by atoms with Gasteiger partial charge in [-0.05, 0) is 19.4 Å². The summed E-state index contributed by atoms with van der Waals surface area (Å²) in [5.74, 6) is 2.59. The van der Waals surface area contributed by atoms with Crippen molar-refractivity contribution in [3.8, 4) is 12.3 Å². The van der Waals surface area contributed by atoms with Crippen molar-refractivity contribution in [1.29, 1.82) is 0 Å². The number of terminal acetylenes is 1. The Bertz CT molecular complexity index is 189. The lowest BCUT2D eigenvalue weighted by Crippen LogP contribution is -2.40. The summed E-state index contributed by atoms with van der Waals surface area (Å²) < 4.78 is 0. The highest BCUT2D eigenvalue weighted by molar-refractivity contribution is 5.79. The average molecular weight is 166 g/mol. The van der Waals surface area contributed by atoms with Crippen LogP contribution in [0, 0.1) is 18.3 Å². The van der Waals surface area contributed by atoms with Gasteiger partial charge in [-0.15, -0.1) is 6.42 Å². The third kappa shape index (κ3) is 2.55. The van der Waals surface area contributed by atoms with Gasteiger partial charge < -0.3 is 10.6 Å². The molecule has 1 heterocycles. The molecule has 1 aliphatic rings. The molecule has 0 aromatic heterocycles. The second-order valence-corrected chi connectivity index (χ2v) is 2.97. The molecule has 1 fully saturated rings. The van der Waals surface area contributed by atoms with Crippen LogP contribution in [0.3, 0.4) is 0 Å². The molecular formula is C9H14N2O. The summed E-state index contributed by atoms with van der Waals surface area (Å²) in [7, 11) is 0. The van der Waals surface area contributed by atoms with Crippen molar-refractivity contribution in [3.63, 3.8) is 0 Å². The zero-order chi connectivity index (χ0) is 8.81. The van der Waals surface area contributed by atoms with Crippen LogP contribution in [0.1, 0.15) is 12.8 Å². The van der Waals surface area contributed by atoms with E-state index in [2.05, 4.69) is 16.6 Å². The van der Waals surface area contributed by atoms with E-state index >= 15 is 0 Å². The second kappa shape index (κ2) is 4.78. The fourth-order valence-corrected chi connectivity index (χ4v) is 1.36. The van der Waals surface area contributed by atoms with E-state index in [-0.39, 0.29) is 11.8 Å². The predicted octanol–water partition coefficient (Wildman–Crippen LogP) is -0.265. The fraction of sp³-hybridized carbons (Fsp3) is 0.667. The van der Waals surface area contributed by atoms with Gasteiger partial charge in [0.2, 0.25) is 5.91 Å². The van der Waals surface area contributed by atoms with Crippen molar-refractivity contribution in [1.82, 2.24) is 10.6 Å². The van der Waals surface area contributed by atoms with Crippen molar-refractivity contribution in [3.05, 3.63) is 0 Å². The van der Waals surface area contributed by atoms with Gasteiger partial charge in [0.15, 0.2) is 0 Å². The third-order valence-corrected chi connectivity index (χ3v) is 2.03. The molecule has 0 aromatic rings. The van der Waals surface area contributed by atoms with E-state index in [1.807, 2.05) is 0 Å². The third-order valence-electron chi connectivity index (χ3n) is 2.03. The summed E-state index contributed by atoms with van der Waals surface area (Å²) in [6.45, 7) is 2.16. The van der Waals surface area contributed by atoms with Gasteiger partial charge in [-0.2, -0.15) is 0 Å². The van der Waals surface area contributed by atoms with Gasteiger partial charge in [0.1, 0.15) is 0 Å². The van der Waals surface area contributed by atoms with Gasteiger partial charge in [-0.1, -0.05) is 5.92 Å². The Labute approximate surface area is 72.9 Å². The van der Waals surface area contributed by atoms with Crippen molar-refractivity contribution >= 4 is 5.91 Å². The summed E-state index contributed by atoms with van der Waals surface area (Å²) >= 11 is 0. The Balaban J connectivity index is 2.26. The van der Waals surface area contributed by atoms with E-state index < -0.39 is 0 Å². The van der Waals surface area contributed by atoms with Crippen LogP contribution in [0.25, 0.3) is 0 Å². The summed E-state index contributed by atoms with van der Waals surface area (Å²) in [5, 5.41) is 5.87. The topological polar surface area (TPSA) is 41.1 Å². The molecule has 66 valence electrons. The monoisotopic (exact) mass is 166 g/mol. The predicted molar refractivity (Wildman–Crippen MR) is 47.4 cm³/mol. The first-order valence-electron chi connectivity index (χ1n) is 4.26. The molecule has 3 nitrogen and oxygen atoms in total. The molecule has 0 unspecified atom stereocenters. The normalized spacial score (nSPS) is 22.8. The lowest BCUT2D eigenvalue weighted by Gasteiger charge is -2.21. The minimum atomic E-state index is 0.0835. The molecule has 1 amide bonds. The smallest absolute Gasteiger partial charge is 0.225 e. The maximum Gasteiger partial charge on any atom is 0.225 e. The molecule has 1 saturated heterocycles. The molecule has 2 N–H and O–H groups in total. The fourth-order valence-electron chi connectivity index (χ4n) is 1.36. The van der Waals surface area contributed by atoms with Gasteiger partial charge in [-0.25, -0.2) is 0 Å². The first-order valence-corrected chi connectivity index (χ1v) is 4.26. The Morgan fingerprint density at radius 3 is 3.17 bits per heavy atom.